The molecule has 164 valence electrons. The lowest BCUT2D eigenvalue weighted by Crippen LogP contribution is -2.35. The van der Waals surface area contributed by atoms with Crippen LogP contribution in [0.15, 0.2) is 47.1 Å². The number of hydrogen-bond donors (Lipinski definition) is 3. The van der Waals surface area contributed by atoms with Gasteiger partial charge in [-0.3, -0.25) is 4.79 Å². The Morgan fingerprint density at radius 1 is 1.20 bits per heavy atom. The summed E-state index contributed by atoms with van der Waals surface area (Å²) in [7, 11) is 0. The second-order valence-corrected chi connectivity index (χ2v) is 10.2. The van der Waals surface area contributed by atoms with Crippen molar-refractivity contribution in [3.05, 3.63) is 47.1 Å². The minimum Gasteiger partial charge on any atom is -0.393 e. The third kappa shape index (κ3) is 3.97. The molecule has 1 saturated heterocycles. The quantitative estimate of drug-likeness (QED) is 0.609. The molecule has 1 heterocycles. The molecule has 3 N–H and O–H groups in total. The van der Waals surface area contributed by atoms with Crippen molar-refractivity contribution in [2.45, 2.75) is 77.4 Å². The van der Waals surface area contributed by atoms with Crippen molar-refractivity contribution in [1.29, 1.82) is 0 Å². The summed E-state index contributed by atoms with van der Waals surface area (Å²) in [6, 6.07) is 0. The average molecular weight is 412 g/mol. The zero-order chi connectivity index (χ0) is 21.5. The Kier molecular flexibility index (Phi) is 6.09. The number of nitrogens with one attached hydrogen (secondary N) is 1. The van der Waals surface area contributed by atoms with Crippen LogP contribution in [0.25, 0.3) is 0 Å². The first kappa shape index (κ1) is 21.6. The zero-order valence-electron chi connectivity index (χ0n) is 18.5. The maximum Gasteiger partial charge on any atom is 0.246 e. The normalized spacial score (nSPS) is 42.1. The second kappa shape index (κ2) is 8.47. The van der Waals surface area contributed by atoms with Crippen molar-refractivity contribution in [2.24, 2.45) is 23.2 Å². The van der Waals surface area contributed by atoms with E-state index in [2.05, 4.69) is 44.0 Å². The molecule has 0 radical (unpaired) electrons. The van der Waals surface area contributed by atoms with Crippen LogP contribution in [0.2, 0.25) is 0 Å². The molecule has 3 saturated carbocycles. The highest BCUT2D eigenvalue weighted by Gasteiger charge is 2.50. The highest BCUT2D eigenvalue weighted by Crippen LogP contribution is 2.59. The summed E-state index contributed by atoms with van der Waals surface area (Å²) < 4.78 is 0. The second-order valence-electron chi connectivity index (χ2n) is 10.2. The third-order valence-corrected chi connectivity index (χ3v) is 8.37. The number of aliphatic hydroxyl groups excluding tert-OH is 2. The molecular weight excluding hydrogens is 374 g/mol. The predicted molar refractivity (Wildman–Crippen MR) is 120 cm³/mol. The number of rotatable bonds is 3. The fourth-order valence-electron chi connectivity index (χ4n) is 6.74. The molecule has 6 atom stereocenters. The highest BCUT2D eigenvalue weighted by atomic mass is 16.3. The lowest BCUT2D eigenvalue weighted by Gasteiger charge is -2.44. The number of carbonyl (C=O) groups excluding carboxylic acids is 1. The van der Waals surface area contributed by atoms with Gasteiger partial charge in [0, 0.05) is 18.5 Å². The van der Waals surface area contributed by atoms with Gasteiger partial charge in [-0.2, -0.15) is 0 Å². The van der Waals surface area contributed by atoms with Gasteiger partial charge in [0.15, 0.2) is 0 Å². The smallest absolute Gasteiger partial charge is 0.246 e. The van der Waals surface area contributed by atoms with E-state index in [-0.39, 0.29) is 11.3 Å². The summed E-state index contributed by atoms with van der Waals surface area (Å²) in [5, 5.41) is 23.1. The van der Waals surface area contributed by atoms with Gasteiger partial charge in [0.05, 0.1) is 12.2 Å². The zero-order valence-corrected chi connectivity index (χ0v) is 18.5. The van der Waals surface area contributed by atoms with E-state index < -0.39 is 12.2 Å². The molecule has 1 unspecified atom stereocenters. The van der Waals surface area contributed by atoms with E-state index in [1.54, 1.807) is 0 Å². The molecule has 0 aromatic rings. The Bertz CT molecular complexity index is 807. The predicted octanol–water partition coefficient (Wildman–Crippen LogP) is 4.21. The molecule has 1 amide bonds. The van der Waals surface area contributed by atoms with E-state index in [4.69, 9.17) is 0 Å². The Balaban J connectivity index is 1.54. The number of aliphatic hydroxyl groups is 2. The van der Waals surface area contributed by atoms with E-state index in [0.717, 1.165) is 36.1 Å². The van der Waals surface area contributed by atoms with Crippen LogP contribution in [0.1, 0.15) is 65.2 Å². The van der Waals surface area contributed by atoms with Crippen LogP contribution in [0.3, 0.4) is 0 Å². The van der Waals surface area contributed by atoms with Crippen molar-refractivity contribution >= 4 is 5.91 Å². The van der Waals surface area contributed by atoms with Gasteiger partial charge in [-0.25, -0.2) is 0 Å². The molecule has 0 aromatic heterocycles. The summed E-state index contributed by atoms with van der Waals surface area (Å²) in [5.41, 5.74) is 4.51. The monoisotopic (exact) mass is 411 g/mol. The van der Waals surface area contributed by atoms with Gasteiger partial charge >= 0.3 is 0 Å². The summed E-state index contributed by atoms with van der Waals surface area (Å²) in [6.07, 6.45) is 13.3. The van der Waals surface area contributed by atoms with Crippen molar-refractivity contribution in [2.75, 3.05) is 6.54 Å². The Morgan fingerprint density at radius 3 is 2.73 bits per heavy atom. The lowest BCUT2D eigenvalue weighted by atomic mass is 9.61. The molecule has 4 aliphatic rings. The van der Waals surface area contributed by atoms with Crippen molar-refractivity contribution in [1.82, 2.24) is 5.32 Å². The van der Waals surface area contributed by atoms with E-state index in [1.165, 1.54) is 31.3 Å². The minimum atomic E-state index is -0.632. The van der Waals surface area contributed by atoms with Gasteiger partial charge in [0.1, 0.15) is 0 Å². The van der Waals surface area contributed by atoms with E-state index in [1.807, 2.05) is 0 Å². The van der Waals surface area contributed by atoms with Crippen LogP contribution in [-0.2, 0) is 4.79 Å². The fraction of sp³-hybridized carbons (Fsp3) is 0.654. The lowest BCUT2D eigenvalue weighted by molar-refractivity contribution is -0.116. The minimum absolute atomic E-state index is 0.120. The first-order valence-corrected chi connectivity index (χ1v) is 11.7. The summed E-state index contributed by atoms with van der Waals surface area (Å²) in [6.45, 7) is 9.59. The first-order valence-electron chi connectivity index (χ1n) is 11.7. The molecule has 0 spiro atoms. The van der Waals surface area contributed by atoms with Crippen LogP contribution in [-0.4, -0.2) is 34.9 Å². The topological polar surface area (TPSA) is 69.6 Å². The van der Waals surface area contributed by atoms with Crippen molar-refractivity contribution in [3.8, 4) is 0 Å². The van der Waals surface area contributed by atoms with Crippen LogP contribution in [0, 0.1) is 23.2 Å². The van der Waals surface area contributed by atoms with Gasteiger partial charge < -0.3 is 15.5 Å². The Labute approximate surface area is 180 Å². The highest BCUT2D eigenvalue weighted by molar-refractivity contribution is 5.95. The summed E-state index contributed by atoms with van der Waals surface area (Å²) in [4.78, 5) is 12.0. The number of allylic oxidation sites excluding steroid dienone is 4. The molecule has 3 aliphatic carbocycles. The molecular formula is C26H37NO3. The number of hydrogen-bond acceptors (Lipinski definition) is 3. The van der Waals surface area contributed by atoms with Crippen LogP contribution >= 0.6 is 0 Å². The first-order chi connectivity index (χ1) is 14.3. The van der Waals surface area contributed by atoms with Crippen molar-refractivity contribution < 1.29 is 15.0 Å². The molecule has 1 aliphatic heterocycles. The Morgan fingerprint density at radius 2 is 2.00 bits per heavy atom. The van der Waals surface area contributed by atoms with Gasteiger partial charge in [0.2, 0.25) is 5.91 Å². The van der Waals surface area contributed by atoms with Gasteiger partial charge in [-0.15, -0.1) is 0 Å². The van der Waals surface area contributed by atoms with E-state index in [0.29, 0.717) is 30.6 Å². The van der Waals surface area contributed by atoms with Gasteiger partial charge in [-0.1, -0.05) is 44.2 Å². The molecule has 4 fully saturated rings. The maximum atomic E-state index is 12.0. The SMILES string of the molecule is C=C1C(=CC=C2CCC[C@@]3(C)C2CC[C@@H]3[C@H](C)C=C2CCNC2=O)C[C@@H](O)C[C@@H]1O. The van der Waals surface area contributed by atoms with Gasteiger partial charge in [0.25, 0.3) is 0 Å². The van der Waals surface area contributed by atoms with Crippen LogP contribution < -0.4 is 5.32 Å². The molecule has 4 heteroatoms. The standard InChI is InChI=1S/C26H37NO3/c1-16(13-20-10-12-27-25(20)30)22-8-9-23-18(5-4-11-26(22,23)3)6-7-19-14-21(28)15-24(29)17(19)2/h6-7,13,16,21-24,28-29H,2,4-5,8-12,14-15H2,1,3H3,(H,27,30)/t16-,21-,22-,23?,24+,26-/m1/s1. The van der Waals surface area contributed by atoms with E-state index in [9.17, 15) is 15.0 Å². The molecule has 4 rings (SSSR count). The molecule has 4 nitrogen and oxygen atoms in total. The van der Waals surface area contributed by atoms with Crippen molar-refractivity contribution in [3.63, 3.8) is 0 Å². The molecule has 0 aromatic carbocycles. The number of carbonyl (C=O) groups is 1. The third-order valence-electron chi connectivity index (χ3n) is 8.37. The van der Waals surface area contributed by atoms with Crippen LogP contribution in [0.4, 0.5) is 0 Å². The largest absolute Gasteiger partial charge is 0.393 e. The van der Waals surface area contributed by atoms with E-state index >= 15 is 0 Å². The number of amides is 1. The maximum absolute atomic E-state index is 12.0. The Hall–Kier alpha value is -1.65. The summed E-state index contributed by atoms with van der Waals surface area (Å²) in [5.74, 6) is 1.72. The summed E-state index contributed by atoms with van der Waals surface area (Å²) >= 11 is 0. The molecule has 30 heavy (non-hydrogen) atoms. The number of fused-ring (bicyclic) bond motifs is 1. The fourth-order valence-corrected chi connectivity index (χ4v) is 6.74. The average Bonchev–Trinajstić information content (AvgIpc) is 3.26. The van der Waals surface area contributed by atoms with Crippen LogP contribution in [0.5, 0.6) is 0 Å². The molecule has 0 bridgehead atoms. The van der Waals surface area contributed by atoms with Gasteiger partial charge in [-0.05, 0) is 79.3 Å².